The predicted octanol–water partition coefficient (Wildman–Crippen LogP) is -1.73. The minimum Gasteiger partial charge on any atom is -0.390 e. The Hall–Kier alpha value is 0.390. The number of aliphatic hydroxyl groups is 2. The molecule has 0 saturated carbocycles. The van der Waals surface area contributed by atoms with Crippen LogP contribution in [0, 0.1) is 0 Å². The van der Waals surface area contributed by atoms with Gasteiger partial charge in [-0.25, -0.2) is 4.57 Å². The van der Waals surface area contributed by atoms with Crippen molar-refractivity contribution in [2.45, 2.75) is 48.9 Å². The molecule has 25 heavy (non-hydrogen) atoms. The van der Waals surface area contributed by atoms with Gasteiger partial charge < -0.3 is 28.6 Å². The number of rotatable bonds is 9. The number of methoxy groups -OCH3 is 1. The lowest BCUT2D eigenvalue weighted by atomic mass is 9.93. The molecule has 2 N–H and O–H groups in total. The van der Waals surface area contributed by atoms with E-state index in [0.717, 1.165) is 0 Å². The van der Waals surface area contributed by atoms with E-state index in [4.69, 9.17) is 27.4 Å². The van der Waals surface area contributed by atoms with Gasteiger partial charge in [0.1, 0.15) is 51.8 Å². The first-order valence-electron chi connectivity index (χ1n) is 8.11. The zero-order valence-electron chi connectivity index (χ0n) is 14.8. The van der Waals surface area contributed by atoms with Crippen LogP contribution in [-0.2, 0) is 32.0 Å². The summed E-state index contributed by atoms with van der Waals surface area (Å²) in [6, 6.07) is -0.600. The van der Waals surface area contributed by atoms with Crippen molar-refractivity contribution in [2.24, 2.45) is 0 Å². The van der Waals surface area contributed by atoms with Gasteiger partial charge in [-0.05, 0) is 6.42 Å². The molecule has 0 amide bonds. The Labute approximate surface area is 153 Å². The van der Waals surface area contributed by atoms with Crippen LogP contribution in [0.4, 0.5) is 0 Å². The molecule has 0 aromatic rings. The smallest absolute Gasteiger partial charge is 0.390 e. The van der Waals surface area contributed by atoms with E-state index >= 15 is 0 Å². The molecule has 0 bridgehead atoms. The monoisotopic (exact) mass is 398 g/mol. The molecule has 1 unspecified atom stereocenters. The van der Waals surface area contributed by atoms with Gasteiger partial charge in [0.05, 0.1) is 32.4 Å². The molecule has 13 heteroatoms. The molecule has 2 saturated heterocycles. The van der Waals surface area contributed by atoms with E-state index in [1.165, 1.54) is 14.2 Å². The van der Waals surface area contributed by atoms with E-state index < -0.39 is 43.3 Å². The lowest BCUT2D eigenvalue weighted by Crippen LogP contribution is -2.36. The maximum Gasteiger partial charge on any atom is 0.416 e. The zero-order chi connectivity index (χ0) is 18.6. The van der Waals surface area contributed by atoms with Crippen molar-refractivity contribution < 1.29 is 42.2 Å². The molecule has 0 aromatic carbocycles. The van der Waals surface area contributed by atoms with Crippen molar-refractivity contribution in [1.82, 2.24) is 0 Å². The SMILES string of the molecule is B[C@@H]1O[C@H](COC)[C@@H](O)[C@H]1OP(=O)(OC[C@H]1O[C@@H](B)C[C@@H]1O)SOC. The van der Waals surface area contributed by atoms with Crippen molar-refractivity contribution in [1.29, 1.82) is 0 Å². The topological polar surface area (TPSA) is 113 Å². The van der Waals surface area contributed by atoms with Gasteiger partial charge in [0.2, 0.25) is 0 Å². The Kier molecular flexibility index (Phi) is 8.28. The van der Waals surface area contributed by atoms with E-state index in [2.05, 4.69) is 0 Å². The summed E-state index contributed by atoms with van der Waals surface area (Å²) in [7, 11) is 6.38. The maximum atomic E-state index is 12.9. The second kappa shape index (κ2) is 9.54. The van der Waals surface area contributed by atoms with Gasteiger partial charge in [0.15, 0.2) is 0 Å². The number of hydrogen-bond donors (Lipinski definition) is 2. The van der Waals surface area contributed by atoms with Gasteiger partial charge in [0, 0.05) is 13.1 Å². The van der Waals surface area contributed by atoms with Crippen molar-refractivity contribution in [2.75, 3.05) is 27.4 Å². The minimum atomic E-state index is -3.76. The molecule has 0 aromatic heterocycles. The van der Waals surface area contributed by atoms with Crippen LogP contribution in [0.5, 0.6) is 0 Å². The normalized spacial score (nSPS) is 41.0. The van der Waals surface area contributed by atoms with Crippen LogP contribution < -0.4 is 0 Å². The Bertz CT molecular complexity index is 476. The van der Waals surface area contributed by atoms with Crippen molar-refractivity contribution in [3.8, 4) is 0 Å². The second-order valence-corrected chi connectivity index (χ2v) is 9.80. The molecule has 0 aliphatic carbocycles. The quantitative estimate of drug-likeness (QED) is 0.264. The Morgan fingerprint density at radius 3 is 2.48 bits per heavy atom. The lowest BCUT2D eigenvalue weighted by Gasteiger charge is -2.25. The molecule has 2 heterocycles. The van der Waals surface area contributed by atoms with Gasteiger partial charge in [-0.2, -0.15) is 0 Å². The van der Waals surface area contributed by atoms with Crippen LogP contribution in [0.1, 0.15) is 6.42 Å². The first kappa shape index (κ1) is 21.7. The van der Waals surface area contributed by atoms with Crippen LogP contribution in [0.2, 0.25) is 0 Å². The summed E-state index contributed by atoms with van der Waals surface area (Å²) < 4.78 is 44.9. The van der Waals surface area contributed by atoms with Crippen LogP contribution in [-0.4, -0.2) is 95.9 Å². The molecule has 2 aliphatic heterocycles. The molecule has 0 spiro atoms. The van der Waals surface area contributed by atoms with Crippen LogP contribution in [0.15, 0.2) is 0 Å². The lowest BCUT2D eigenvalue weighted by molar-refractivity contribution is -0.0216. The third-order valence-electron chi connectivity index (χ3n) is 4.12. The average molecular weight is 398 g/mol. The molecular formula is C12H25B2O9PS. The molecular weight excluding hydrogens is 373 g/mol. The summed E-state index contributed by atoms with van der Waals surface area (Å²) in [4.78, 5) is 0. The molecule has 2 aliphatic rings. The summed E-state index contributed by atoms with van der Waals surface area (Å²) in [5.74, 6) is 0. The van der Waals surface area contributed by atoms with E-state index in [9.17, 15) is 14.8 Å². The standard InChI is InChI=1S/C12H25B2O9PS/c1-18-4-8-10(16)11(12(14)22-8)23-24(17,25-19-2)20-5-7-6(15)3-9(13)21-7/h6-12,15-16H,3-5,13-14H2,1-2H3/t6-,7+,8+,9+,10+,11+,12+,24?/m0/s1. The van der Waals surface area contributed by atoms with Gasteiger partial charge in [0.25, 0.3) is 0 Å². The molecule has 0 radical (unpaired) electrons. The van der Waals surface area contributed by atoms with Gasteiger partial charge >= 0.3 is 6.80 Å². The largest absolute Gasteiger partial charge is 0.416 e. The van der Waals surface area contributed by atoms with Crippen molar-refractivity contribution in [3.63, 3.8) is 0 Å². The van der Waals surface area contributed by atoms with E-state index in [1.54, 1.807) is 7.85 Å². The van der Waals surface area contributed by atoms with E-state index in [1.807, 2.05) is 7.85 Å². The second-order valence-electron chi connectivity index (χ2n) is 6.17. The average Bonchev–Trinajstić information content (AvgIpc) is 2.99. The number of ether oxygens (including phenoxy) is 3. The summed E-state index contributed by atoms with van der Waals surface area (Å²) in [5.41, 5.74) is 0. The zero-order valence-corrected chi connectivity index (χ0v) is 16.5. The fraction of sp³-hybridized carbons (Fsp3) is 1.00. The highest BCUT2D eigenvalue weighted by molar-refractivity contribution is 8.52. The summed E-state index contributed by atoms with van der Waals surface area (Å²) in [6.45, 7) is -3.69. The Morgan fingerprint density at radius 2 is 1.92 bits per heavy atom. The summed E-state index contributed by atoms with van der Waals surface area (Å²) in [6.07, 6.45) is -3.25. The molecule has 8 atom stereocenters. The van der Waals surface area contributed by atoms with Crippen LogP contribution in [0.3, 0.4) is 0 Å². The van der Waals surface area contributed by atoms with Gasteiger partial charge in [-0.3, -0.25) is 9.05 Å². The van der Waals surface area contributed by atoms with Crippen LogP contribution >= 0.6 is 18.5 Å². The van der Waals surface area contributed by atoms with Gasteiger partial charge in [-0.1, -0.05) is 0 Å². The molecule has 9 nitrogen and oxygen atoms in total. The van der Waals surface area contributed by atoms with E-state index in [0.29, 0.717) is 18.1 Å². The Balaban J connectivity index is 1.97. The molecule has 144 valence electrons. The molecule has 2 rings (SSSR count). The summed E-state index contributed by atoms with van der Waals surface area (Å²) in [5, 5.41) is 20.2. The Morgan fingerprint density at radius 1 is 1.20 bits per heavy atom. The highest BCUT2D eigenvalue weighted by atomic mass is 32.7. The fourth-order valence-corrected chi connectivity index (χ4v) is 5.44. The maximum absolute atomic E-state index is 12.9. The first-order chi connectivity index (χ1) is 11.8. The highest BCUT2D eigenvalue weighted by Gasteiger charge is 2.47. The number of hydrogen-bond acceptors (Lipinski definition) is 10. The third-order valence-corrected chi connectivity index (χ3v) is 6.99. The van der Waals surface area contributed by atoms with Crippen LogP contribution in [0.25, 0.3) is 0 Å². The third kappa shape index (κ3) is 5.68. The first-order valence-corrected chi connectivity index (χ1v) is 11.0. The van der Waals surface area contributed by atoms with Gasteiger partial charge in [-0.15, -0.1) is 0 Å². The van der Waals surface area contributed by atoms with Crippen molar-refractivity contribution >= 4 is 34.2 Å². The number of aliphatic hydroxyl groups excluding tert-OH is 2. The summed E-state index contributed by atoms with van der Waals surface area (Å²) >= 11 is 0.546. The predicted molar refractivity (Wildman–Crippen MR) is 95.9 cm³/mol. The van der Waals surface area contributed by atoms with Crippen molar-refractivity contribution in [3.05, 3.63) is 0 Å². The fourth-order valence-electron chi connectivity index (χ4n) is 2.93. The molecule has 2 fully saturated rings. The highest BCUT2D eigenvalue weighted by Crippen LogP contribution is 2.62. The van der Waals surface area contributed by atoms with E-state index in [-0.39, 0.29) is 19.2 Å². The minimum absolute atomic E-state index is 0.0983.